The summed E-state index contributed by atoms with van der Waals surface area (Å²) in [6, 6.07) is 0. The molecule has 0 spiro atoms. The van der Waals surface area contributed by atoms with Crippen LogP contribution >= 0.6 is 0 Å². The molecule has 1 atom stereocenters. The Balaban J connectivity index is 2.87. The van der Waals surface area contributed by atoms with Gasteiger partial charge in [-0.2, -0.15) is 0 Å². The van der Waals surface area contributed by atoms with Crippen LogP contribution in [0.1, 0.15) is 34.1 Å². The highest BCUT2D eigenvalue weighted by Crippen LogP contribution is 2.26. The Morgan fingerprint density at radius 1 is 1.38 bits per heavy atom. The standard InChI is InChI=1S/C12H19N/c1-10-6-5-7-11(12(2,3)4)13-9-8-10/h5-7,9-10H,8H2,1-4H3. The van der Waals surface area contributed by atoms with Crippen molar-refractivity contribution in [1.29, 1.82) is 0 Å². The molecule has 0 aromatic heterocycles. The maximum Gasteiger partial charge on any atom is 0.0453 e. The molecule has 1 heterocycles. The molecule has 72 valence electrons. The van der Waals surface area contributed by atoms with Crippen molar-refractivity contribution in [3.63, 3.8) is 0 Å². The van der Waals surface area contributed by atoms with Crippen molar-refractivity contribution < 1.29 is 0 Å². The predicted octanol–water partition coefficient (Wildman–Crippen LogP) is 3.58. The van der Waals surface area contributed by atoms with E-state index in [9.17, 15) is 0 Å². The molecule has 0 aliphatic carbocycles. The number of hydrogen-bond acceptors (Lipinski definition) is 1. The van der Waals surface area contributed by atoms with Gasteiger partial charge in [-0.25, -0.2) is 0 Å². The second kappa shape index (κ2) is 3.91. The van der Waals surface area contributed by atoms with Crippen molar-refractivity contribution in [1.82, 2.24) is 0 Å². The number of rotatable bonds is 0. The van der Waals surface area contributed by atoms with Gasteiger partial charge in [0.25, 0.3) is 0 Å². The van der Waals surface area contributed by atoms with Crippen LogP contribution in [-0.4, -0.2) is 6.21 Å². The first-order valence-electron chi connectivity index (χ1n) is 4.91. The Bertz CT molecular complexity index is 251. The van der Waals surface area contributed by atoms with Crippen LogP contribution in [0.25, 0.3) is 0 Å². The smallest absolute Gasteiger partial charge is 0.0453 e. The Kier molecular flexibility index (Phi) is 3.07. The molecular formula is C12H19N. The maximum atomic E-state index is 4.49. The summed E-state index contributed by atoms with van der Waals surface area (Å²) in [5.41, 5.74) is 1.32. The first kappa shape index (κ1) is 10.2. The lowest BCUT2D eigenvalue weighted by atomic mass is 9.91. The highest BCUT2D eigenvalue weighted by atomic mass is 14.8. The van der Waals surface area contributed by atoms with Crippen LogP contribution in [0.4, 0.5) is 0 Å². The number of aliphatic imine (C=N–C) groups is 1. The van der Waals surface area contributed by atoms with Crippen LogP contribution in [0, 0.1) is 11.3 Å². The summed E-state index contributed by atoms with van der Waals surface area (Å²) in [4.78, 5) is 4.49. The van der Waals surface area contributed by atoms with Crippen LogP contribution in [0.15, 0.2) is 28.9 Å². The van der Waals surface area contributed by atoms with Gasteiger partial charge >= 0.3 is 0 Å². The molecule has 1 nitrogen and oxygen atoms in total. The van der Waals surface area contributed by atoms with Crippen LogP contribution < -0.4 is 0 Å². The van der Waals surface area contributed by atoms with Crippen molar-refractivity contribution in [3.05, 3.63) is 23.9 Å². The summed E-state index contributed by atoms with van der Waals surface area (Å²) in [5, 5.41) is 0. The Hall–Kier alpha value is -0.850. The van der Waals surface area contributed by atoms with Gasteiger partial charge in [-0.05, 0) is 18.4 Å². The topological polar surface area (TPSA) is 12.4 Å². The molecule has 1 aliphatic heterocycles. The fourth-order valence-electron chi connectivity index (χ4n) is 1.22. The third kappa shape index (κ3) is 3.17. The van der Waals surface area contributed by atoms with E-state index < -0.39 is 0 Å². The normalized spacial score (nSPS) is 23.7. The van der Waals surface area contributed by atoms with Crippen LogP contribution in [-0.2, 0) is 0 Å². The zero-order valence-corrected chi connectivity index (χ0v) is 9.04. The highest BCUT2D eigenvalue weighted by Gasteiger charge is 2.15. The van der Waals surface area contributed by atoms with E-state index in [-0.39, 0.29) is 5.41 Å². The fourth-order valence-corrected chi connectivity index (χ4v) is 1.22. The van der Waals surface area contributed by atoms with E-state index in [0.29, 0.717) is 5.92 Å². The van der Waals surface area contributed by atoms with Crippen molar-refractivity contribution in [2.45, 2.75) is 34.1 Å². The Morgan fingerprint density at radius 3 is 2.69 bits per heavy atom. The van der Waals surface area contributed by atoms with Gasteiger partial charge in [-0.1, -0.05) is 39.8 Å². The molecule has 1 rings (SSSR count). The van der Waals surface area contributed by atoms with E-state index in [2.05, 4.69) is 50.9 Å². The van der Waals surface area contributed by atoms with Crippen LogP contribution in [0.2, 0.25) is 0 Å². The zero-order valence-electron chi connectivity index (χ0n) is 9.04. The average Bonchev–Trinajstić information content (AvgIpc) is 1.93. The lowest BCUT2D eigenvalue weighted by molar-refractivity contribution is 0.498. The molecule has 13 heavy (non-hydrogen) atoms. The zero-order chi connectivity index (χ0) is 9.90. The molecule has 0 N–H and O–H groups in total. The maximum absolute atomic E-state index is 4.49. The van der Waals surface area contributed by atoms with Gasteiger partial charge in [-0.3, -0.25) is 4.99 Å². The summed E-state index contributed by atoms with van der Waals surface area (Å²) in [6.45, 7) is 8.78. The first-order chi connectivity index (χ1) is 6.00. The Labute approximate surface area is 81.3 Å². The van der Waals surface area contributed by atoms with E-state index in [1.807, 2.05) is 6.21 Å². The molecule has 0 aromatic carbocycles. The van der Waals surface area contributed by atoms with Crippen molar-refractivity contribution >= 4 is 6.21 Å². The van der Waals surface area contributed by atoms with E-state index in [1.54, 1.807) is 0 Å². The lowest BCUT2D eigenvalue weighted by Gasteiger charge is -2.19. The predicted molar refractivity (Wildman–Crippen MR) is 59.0 cm³/mol. The lowest BCUT2D eigenvalue weighted by Crippen LogP contribution is -2.08. The monoisotopic (exact) mass is 177 g/mol. The number of hydrogen-bond donors (Lipinski definition) is 0. The SMILES string of the molecule is CC1C=CC=C(C(C)(C)C)N=CC1. The first-order valence-corrected chi connectivity index (χ1v) is 4.91. The van der Waals surface area contributed by atoms with E-state index in [1.165, 1.54) is 0 Å². The van der Waals surface area contributed by atoms with Gasteiger partial charge in [0.2, 0.25) is 0 Å². The van der Waals surface area contributed by atoms with Crippen LogP contribution in [0.3, 0.4) is 0 Å². The van der Waals surface area contributed by atoms with Gasteiger partial charge in [0, 0.05) is 17.3 Å². The van der Waals surface area contributed by atoms with Crippen molar-refractivity contribution in [3.8, 4) is 0 Å². The Morgan fingerprint density at radius 2 is 2.08 bits per heavy atom. The molecule has 0 radical (unpaired) electrons. The summed E-state index contributed by atoms with van der Waals surface area (Å²) in [7, 11) is 0. The second-order valence-electron chi connectivity index (χ2n) is 4.71. The summed E-state index contributed by atoms with van der Waals surface area (Å²) in [5.74, 6) is 0.613. The molecule has 1 heteroatoms. The highest BCUT2D eigenvalue weighted by molar-refractivity contribution is 5.60. The fraction of sp³-hybridized carbons (Fsp3) is 0.583. The molecular weight excluding hydrogens is 158 g/mol. The second-order valence-corrected chi connectivity index (χ2v) is 4.71. The van der Waals surface area contributed by atoms with Crippen LogP contribution in [0.5, 0.6) is 0 Å². The van der Waals surface area contributed by atoms with E-state index >= 15 is 0 Å². The third-order valence-electron chi connectivity index (χ3n) is 2.17. The van der Waals surface area contributed by atoms with Gasteiger partial charge in [0.1, 0.15) is 0 Å². The molecule has 0 saturated carbocycles. The molecule has 0 fully saturated rings. The number of nitrogens with zero attached hydrogens (tertiary/aromatic N) is 1. The molecule has 0 saturated heterocycles. The number of allylic oxidation sites excluding steroid dienone is 4. The van der Waals surface area contributed by atoms with Crippen molar-refractivity contribution in [2.75, 3.05) is 0 Å². The largest absolute Gasteiger partial charge is 0.265 e. The van der Waals surface area contributed by atoms with E-state index in [4.69, 9.17) is 0 Å². The molecule has 0 amide bonds. The van der Waals surface area contributed by atoms with Crippen molar-refractivity contribution in [2.24, 2.45) is 16.3 Å². The van der Waals surface area contributed by atoms with Gasteiger partial charge in [-0.15, -0.1) is 0 Å². The van der Waals surface area contributed by atoms with Gasteiger partial charge < -0.3 is 0 Å². The summed E-state index contributed by atoms with van der Waals surface area (Å²) >= 11 is 0. The quantitative estimate of drug-likeness (QED) is 0.536. The van der Waals surface area contributed by atoms with Gasteiger partial charge in [0.05, 0.1) is 0 Å². The molecule has 1 aliphatic rings. The van der Waals surface area contributed by atoms with Gasteiger partial charge in [0.15, 0.2) is 0 Å². The molecule has 0 aromatic rings. The van der Waals surface area contributed by atoms with E-state index in [0.717, 1.165) is 12.1 Å². The average molecular weight is 177 g/mol. The summed E-state index contributed by atoms with van der Waals surface area (Å²) in [6.07, 6.45) is 9.56. The minimum absolute atomic E-state index is 0.154. The third-order valence-corrected chi connectivity index (χ3v) is 2.17. The minimum atomic E-state index is 0.154. The molecule has 0 bridgehead atoms. The molecule has 1 unspecified atom stereocenters. The minimum Gasteiger partial charge on any atom is -0.265 e. The summed E-state index contributed by atoms with van der Waals surface area (Å²) < 4.78 is 0.